The van der Waals surface area contributed by atoms with E-state index in [1.807, 2.05) is 0 Å². The second-order valence-electron chi connectivity index (χ2n) is 5.72. The third-order valence-electron chi connectivity index (χ3n) is 3.29. The van der Waals surface area contributed by atoms with Crippen molar-refractivity contribution in [3.8, 4) is 0 Å². The van der Waals surface area contributed by atoms with Gasteiger partial charge in [0.1, 0.15) is 0 Å². The summed E-state index contributed by atoms with van der Waals surface area (Å²) in [7, 11) is -0.590. The minimum absolute atomic E-state index is 0.166. The van der Waals surface area contributed by atoms with E-state index in [1.165, 1.54) is 0 Å². The Morgan fingerprint density at radius 1 is 1.38 bits per heavy atom. The molecule has 1 aliphatic heterocycles. The summed E-state index contributed by atoms with van der Waals surface area (Å²) in [4.78, 5) is 0. The minimum Gasteiger partial charge on any atom is -0.396 e. The molecule has 3 nitrogen and oxygen atoms in total. The van der Waals surface area contributed by atoms with Crippen molar-refractivity contribution in [2.75, 3.05) is 18.1 Å². The highest BCUT2D eigenvalue weighted by atomic mass is 32.2. The van der Waals surface area contributed by atoms with Gasteiger partial charge in [0, 0.05) is 41.0 Å². The molecular formula is C12H25NO2S. The van der Waals surface area contributed by atoms with Crippen molar-refractivity contribution in [3.63, 3.8) is 0 Å². The van der Waals surface area contributed by atoms with E-state index in [0.717, 1.165) is 30.8 Å². The fourth-order valence-corrected chi connectivity index (χ4v) is 3.44. The Kier molecular flexibility index (Phi) is 5.41. The predicted molar refractivity (Wildman–Crippen MR) is 69.0 cm³/mol. The van der Waals surface area contributed by atoms with Crippen molar-refractivity contribution >= 4 is 10.8 Å². The summed E-state index contributed by atoms with van der Waals surface area (Å²) in [6.45, 7) is 6.82. The zero-order valence-corrected chi connectivity index (χ0v) is 11.5. The Morgan fingerprint density at radius 2 is 1.94 bits per heavy atom. The van der Waals surface area contributed by atoms with Gasteiger partial charge in [-0.1, -0.05) is 20.8 Å². The van der Waals surface area contributed by atoms with Gasteiger partial charge in [-0.05, 0) is 24.7 Å². The van der Waals surface area contributed by atoms with Crippen LogP contribution in [0, 0.1) is 5.41 Å². The van der Waals surface area contributed by atoms with Crippen molar-refractivity contribution in [1.82, 2.24) is 5.32 Å². The second-order valence-corrected chi connectivity index (χ2v) is 7.42. The Hall–Kier alpha value is 0.0700. The Bertz CT molecular complexity index is 228. The average molecular weight is 247 g/mol. The van der Waals surface area contributed by atoms with Crippen LogP contribution in [0.25, 0.3) is 0 Å². The highest BCUT2D eigenvalue weighted by molar-refractivity contribution is 7.85. The van der Waals surface area contributed by atoms with Gasteiger partial charge in [-0.3, -0.25) is 4.21 Å². The highest BCUT2D eigenvalue weighted by Crippen LogP contribution is 2.23. The molecule has 2 N–H and O–H groups in total. The van der Waals surface area contributed by atoms with Crippen LogP contribution >= 0.6 is 0 Å². The topological polar surface area (TPSA) is 49.3 Å². The zero-order chi connectivity index (χ0) is 12.2. The molecule has 0 aromatic heterocycles. The van der Waals surface area contributed by atoms with Crippen molar-refractivity contribution < 1.29 is 9.32 Å². The maximum Gasteiger partial charge on any atom is 0.0446 e. The molecule has 0 saturated carbocycles. The van der Waals surface area contributed by atoms with Gasteiger partial charge < -0.3 is 10.4 Å². The van der Waals surface area contributed by atoms with Crippen LogP contribution in [0.1, 0.15) is 40.0 Å². The van der Waals surface area contributed by atoms with Gasteiger partial charge in [0.25, 0.3) is 0 Å². The molecule has 1 atom stereocenters. The SMILES string of the molecule is CC(C)(C)C(CCO)NC1CCS(=O)CC1. The molecule has 1 aliphatic rings. The van der Waals surface area contributed by atoms with Crippen LogP contribution in [0.4, 0.5) is 0 Å². The summed E-state index contributed by atoms with van der Waals surface area (Å²) in [5.74, 6) is 1.65. The molecule has 1 saturated heterocycles. The van der Waals surface area contributed by atoms with E-state index in [1.54, 1.807) is 0 Å². The number of hydrogen-bond donors (Lipinski definition) is 2. The van der Waals surface area contributed by atoms with E-state index < -0.39 is 10.8 Å². The van der Waals surface area contributed by atoms with E-state index in [4.69, 9.17) is 5.11 Å². The van der Waals surface area contributed by atoms with Crippen molar-refractivity contribution in [1.29, 1.82) is 0 Å². The lowest BCUT2D eigenvalue weighted by molar-refractivity contribution is 0.182. The number of aliphatic hydroxyl groups excluding tert-OH is 1. The smallest absolute Gasteiger partial charge is 0.0446 e. The summed E-state index contributed by atoms with van der Waals surface area (Å²) in [6, 6.07) is 0.822. The largest absolute Gasteiger partial charge is 0.396 e. The first kappa shape index (κ1) is 14.1. The molecule has 0 aromatic rings. The molecule has 4 heteroatoms. The molecule has 1 heterocycles. The molecule has 0 spiro atoms. The molecule has 0 amide bonds. The van der Waals surface area contributed by atoms with E-state index >= 15 is 0 Å². The second kappa shape index (κ2) is 6.12. The summed E-state index contributed by atoms with van der Waals surface area (Å²) in [5, 5.41) is 12.7. The summed E-state index contributed by atoms with van der Waals surface area (Å²) < 4.78 is 11.3. The quantitative estimate of drug-likeness (QED) is 0.787. The fourth-order valence-electron chi connectivity index (χ4n) is 2.14. The molecule has 1 unspecified atom stereocenters. The molecule has 96 valence electrons. The lowest BCUT2D eigenvalue weighted by Crippen LogP contribution is -2.48. The van der Waals surface area contributed by atoms with Gasteiger partial charge in [0.05, 0.1) is 0 Å². The summed E-state index contributed by atoms with van der Waals surface area (Å²) in [6.07, 6.45) is 2.80. The third kappa shape index (κ3) is 4.52. The maximum atomic E-state index is 11.3. The Morgan fingerprint density at radius 3 is 2.38 bits per heavy atom. The molecule has 1 rings (SSSR count). The average Bonchev–Trinajstić information content (AvgIpc) is 2.19. The standard InChI is InChI=1S/C12H25NO2S/c1-12(2,3)11(4-7-14)13-10-5-8-16(15)9-6-10/h10-11,13-14H,4-9H2,1-3H3. The van der Waals surface area contributed by atoms with Gasteiger partial charge in [-0.25, -0.2) is 0 Å². The van der Waals surface area contributed by atoms with E-state index in [-0.39, 0.29) is 12.0 Å². The van der Waals surface area contributed by atoms with Crippen molar-refractivity contribution in [3.05, 3.63) is 0 Å². The third-order valence-corrected chi connectivity index (χ3v) is 4.67. The van der Waals surface area contributed by atoms with E-state index in [9.17, 15) is 4.21 Å². The molecule has 0 radical (unpaired) electrons. The molecule has 0 bridgehead atoms. The zero-order valence-electron chi connectivity index (χ0n) is 10.7. The summed E-state index contributed by atoms with van der Waals surface area (Å²) >= 11 is 0. The monoisotopic (exact) mass is 247 g/mol. The highest BCUT2D eigenvalue weighted by Gasteiger charge is 2.27. The van der Waals surface area contributed by atoms with Crippen LogP contribution in [0.2, 0.25) is 0 Å². The van der Waals surface area contributed by atoms with Crippen LogP contribution in [0.3, 0.4) is 0 Å². The molecule has 0 aliphatic carbocycles. The van der Waals surface area contributed by atoms with Crippen molar-refractivity contribution in [2.24, 2.45) is 5.41 Å². The molecule has 0 aromatic carbocycles. The molecular weight excluding hydrogens is 222 g/mol. The first-order chi connectivity index (χ1) is 7.43. The van der Waals surface area contributed by atoms with Gasteiger partial charge >= 0.3 is 0 Å². The first-order valence-corrected chi connectivity index (χ1v) is 7.64. The van der Waals surface area contributed by atoms with E-state index in [0.29, 0.717) is 12.1 Å². The van der Waals surface area contributed by atoms with Crippen molar-refractivity contribution in [2.45, 2.75) is 52.1 Å². The number of hydrogen-bond acceptors (Lipinski definition) is 3. The van der Waals surface area contributed by atoms with Crippen LogP contribution in [-0.4, -0.2) is 39.5 Å². The number of rotatable bonds is 4. The number of nitrogens with one attached hydrogen (secondary N) is 1. The van der Waals surface area contributed by atoms with Crippen LogP contribution in [0.5, 0.6) is 0 Å². The lowest BCUT2D eigenvalue weighted by atomic mass is 9.84. The predicted octanol–water partition coefficient (Wildman–Crippen LogP) is 1.28. The Labute approximate surface area is 101 Å². The normalized spacial score (nSPS) is 29.0. The number of aliphatic hydroxyl groups is 1. The van der Waals surface area contributed by atoms with Crippen LogP contribution < -0.4 is 5.32 Å². The van der Waals surface area contributed by atoms with Gasteiger partial charge in [0.2, 0.25) is 0 Å². The Balaban J connectivity index is 2.45. The van der Waals surface area contributed by atoms with E-state index in [2.05, 4.69) is 26.1 Å². The molecule has 1 fully saturated rings. The van der Waals surface area contributed by atoms with Crippen LogP contribution in [0.15, 0.2) is 0 Å². The first-order valence-electron chi connectivity index (χ1n) is 6.15. The van der Waals surface area contributed by atoms with Gasteiger partial charge in [-0.2, -0.15) is 0 Å². The molecule has 16 heavy (non-hydrogen) atoms. The lowest BCUT2D eigenvalue weighted by Gasteiger charge is -2.36. The van der Waals surface area contributed by atoms with Gasteiger partial charge in [-0.15, -0.1) is 0 Å². The van der Waals surface area contributed by atoms with Gasteiger partial charge in [0.15, 0.2) is 0 Å². The van der Waals surface area contributed by atoms with Crippen LogP contribution in [-0.2, 0) is 10.8 Å². The fraction of sp³-hybridized carbons (Fsp3) is 1.00. The maximum absolute atomic E-state index is 11.3. The summed E-state index contributed by atoms with van der Waals surface area (Å²) in [5.41, 5.74) is 0.166. The minimum atomic E-state index is -0.590.